The first-order valence-corrected chi connectivity index (χ1v) is 8.08. The van der Waals surface area contributed by atoms with Gasteiger partial charge < -0.3 is 15.1 Å². The molecule has 1 saturated heterocycles. The monoisotopic (exact) mass is 352 g/mol. The fourth-order valence-electron chi connectivity index (χ4n) is 2.79. The lowest BCUT2D eigenvalue weighted by atomic mass is 10.2. The second-order valence-electron chi connectivity index (χ2n) is 5.62. The van der Waals surface area contributed by atoms with E-state index in [1.807, 2.05) is 11.8 Å². The molecular weight excluding hydrogens is 333 g/mol. The number of rotatable bonds is 4. The van der Waals surface area contributed by atoms with E-state index in [1.165, 1.54) is 12.3 Å². The molecule has 1 fully saturated rings. The smallest absolute Gasteiger partial charge is 0.354 e. The summed E-state index contributed by atoms with van der Waals surface area (Å²) in [5.74, 6) is 1.31. The number of pyridine rings is 1. The highest BCUT2D eigenvalue weighted by Crippen LogP contribution is 2.35. The Morgan fingerprint density at radius 1 is 1.04 bits per heavy atom. The number of halogens is 3. The van der Waals surface area contributed by atoms with Crippen LogP contribution in [-0.2, 0) is 6.18 Å². The van der Waals surface area contributed by atoms with Crippen molar-refractivity contribution >= 4 is 17.6 Å². The molecule has 3 heterocycles. The summed E-state index contributed by atoms with van der Waals surface area (Å²) < 4.78 is 39.5. The third kappa shape index (κ3) is 3.92. The maximum atomic E-state index is 13.2. The molecule has 0 aliphatic carbocycles. The molecule has 1 aliphatic rings. The van der Waals surface area contributed by atoms with Crippen molar-refractivity contribution in [2.45, 2.75) is 13.1 Å². The molecule has 0 aromatic carbocycles. The van der Waals surface area contributed by atoms with Crippen LogP contribution in [0.1, 0.15) is 12.5 Å². The van der Waals surface area contributed by atoms with Crippen LogP contribution in [-0.4, -0.2) is 47.7 Å². The van der Waals surface area contributed by atoms with Crippen LogP contribution in [0.5, 0.6) is 0 Å². The van der Waals surface area contributed by atoms with Crippen LogP contribution in [0.2, 0.25) is 0 Å². The number of anilines is 3. The molecule has 6 nitrogen and oxygen atoms in total. The molecule has 0 unspecified atom stereocenters. The molecule has 0 spiro atoms. The minimum atomic E-state index is -4.41. The zero-order valence-corrected chi connectivity index (χ0v) is 13.8. The normalized spacial score (nSPS) is 15.4. The van der Waals surface area contributed by atoms with Crippen LogP contribution in [0.25, 0.3) is 0 Å². The molecule has 25 heavy (non-hydrogen) atoms. The number of hydrogen-bond donors (Lipinski definition) is 1. The van der Waals surface area contributed by atoms with Gasteiger partial charge in [0.2, 0.25) is 5.95 Å². The quantitative estimate of drug-likeness (QED) is 0.913. The Labute approximate surface area is 143 Å². The Morgan fingerprint density at radius 2 is 1.76 bits per heavy atom. The Hall–Kier alpha value is -2.58. The molecule has 0 amide bonds. The molecule has 3 rings (SSSR count). The predicted molar refractivity (Wildman–Crippen MR) is 89.9 cm³/mol. The van der Waals surface area contributed by atoms with Crippen LogP contribution < -0.4 is 15.1 Å². The van der Waals surface area contributed by atoms with Crippen LogP contribution in [0.15, 0.2) is 30.6 Å². The summed E-state index contributed by atoms with van der Waals surface area (Å²) in [5.41, 5.74) is -0.695. The van der Waals surface area contributed by atoms with Gasteiger partial charge in [-0.05, 0) is 25.1 Å². The van der Waals surface area contributed by atoms with E-state index in [4.69, 9.17) is 0 Å². The first-order valence-electron chi connectivity index (χ1n) is 8.08. The average Bonchev–Trinajstić information content (AvgIpc) is 2.62. The van der Waals surface area contributed by atoms with Crippen LogP contribution in [0.3, 0.4) is 0 Å². The van der Waals surface area contributed by atoms with Gasteiger partial charge in [-0.3, -0.25) is 0 Å². The Bertz CT molecular complexity index is 713. The predicted octanol–water partition coefficient (Wildman–Crippen LogP) is 2.65. The van der Waals surface area contributed by atoms with Gasteiger partial charge >= 0.3 is 6.18 Å². The summed E-state index contributed by atoms with van der Waals surface area (Å²) in [6.45, 7) is 4.70. The number of piperazine rings is 1. The van der Waals surface area contributed by atoms with Gasteiger partial charge in [0.1, 0.15) is 11.6 Å². The van der Waals surface area contributed by atoms with Gasteiger partial charge in [-0.1, -0.05) is 0 Å². The van der Waals surface area contributed by atoms with E-state index in [9.17, 15) is 13.2 Å². The van der Waals surface area contributed by atoms with E-state index >= 15 is 0 Å². The van der Waals surface area contributed by atoms with Crippen molar-refractivity contribution in [3.05, 3.63) is 36.2 Å². The number of nitrogens with one attached hydrogen (secondary N) is 1. The highest BCUT2D eigenvalue weighted by Gasteiger charge is 2.36. The third-order valence-electron chi connectivity index (χ3n) is 3.97. The summed E-state index contributed by atoms with van der Waals surface area (Å²) in [7, 11) is 0. The van der Waals surface area contributed by atoms with Crippen LogP contribution in [0.4, 0.5) is 30.8 Å². The number of nitrogens with zero attached hydrogens (tertiary/aromatic N) is 5. The van der Waals surface area contributed by atoms with Gasteiger partial charge in [0.15, 0.2) is 0 Å². The van der Waals surface area contributed by atoms with Crippen molar-refractivity contribution < 1.29 is 13.2 Å². The molecule has 2 aromatic heterocycles. The van der Waals surface area contributed by atoms with Crippen LogP contribution in [0, 0.1) is 0 Å². The van der Waals surface area contributed by atoms with Crippen LogP contribution >= 0.6 is 0 Å². The lowest BCUT2D eigenvalue weighted by Crippen LogP contribution is -2.47. The zero-order valence-electron chi connectivity index (χ0n) is 13.8. The molecule has 0 bridgehead atoms. The van der Waals surface area contributed by atoms with E-state index < -0.39 is 11.7 Å². The maximum absolute atomic E-state index is 13.2. The number of alkyl halides is 3. The molecule has 0 saturated carbocycles. The summed E-state index contributed by atoms with van der Waals surface area (Å²) in [5, 5.41) is 3.05. The zero-order chi connectivity index (χ0) is 17.9. The molecular formula is C16H19F3N6. The molecule has 0 atom stereocenters. The van der Waals surface area contributed by atoms with E-state index in [0.717, 1.165) is 18.4 Å². The standard InChI is InChI=1S/C16H19F3N6/c1-2-20-15-22-7-5-13(23-15)24-8-10-25(11-9-24)14-12(16(17,18)19)4-3-6-21-14/h3-7H,2,8-11H2,1H3,(H,20,22,23). The average molecular weight is 352 g/mol. The van der Waals surface area contributed by atoms with Gasteiger partial charge in [0.05, 0.1) is 5.56 Å². The largest absolute Gasteiger partial charge is 0.419 e. The number of hydrogen-bond acceptors (Lipinski definition) is 6. The topological polar surface area (TPSA) is 57.2 Å². The van der Waals surface area contributed by atoms with Gasteiger partial charge in [-0.25, -0.2) is 9.97 Å². The summed E-state index contributed by atoms with van der Waals surface area (Å²) in [4.78, 5) is 16.2. The highest BCUT2D eigenvalue weighted by molar-refractivity contribution is 5.51. The number of aromatic nitrogens is 3. The van der Waals surface area contributed by atoms with Crippen molar-refractivity contribution in [2.75, 3.05) is 47.8 Å². The molecule has 134 valence electrons. The highest BCUT2D eigenvalue weighted by atomic mass is 19.4. The molecule has 0 radical (unpaired) electrons. The third-order valence-corrected chi connectivity index (χ3v) is 3.97. The van der Waals surface area contributed by atoms with Crippen molar-refractivity contribution in [2.24, 2.45) is 0 Å². The fraction of sp³-hybridized carbons (Fsp3) is 0.438. The molecule has 1 aliphatic heterocycles. The SMILES string of the molecule is CCNc1nccc(N2CCN(c3ncccc3C(F)(F)F)CC2)n1. The first-order chi connectivity index (χ1) is 12.0. The fourth-order valence-corrected chi connectivity index (χ4v) is 2.79. The minimum absolute atomic E-state index is 0.00863. The summed E-state index contributed by atoms with van der Waals surface area (Å²) >= 11 is 0. The van der Waals surface area contributed by atoms with Crippen molar-refractivity contribution in [1.29, 1.82) is 0 Å². The Kier molecular flexibility index (Phi) is 4.91. The van der Waals surface area contributed by atoms with E-state index in [-0.39, 0.29) is 5.82 Å². The van der Waals surface area contributed by atoms with Crippen molar-refractivity contribution in [1.82, 2.24) is 15.0 Å². The first kappa shape index (κ1) is 17.2. The second kappa shape index (κ2) is 7.12. The summed E-state index contributed by atoms with van der Waals surface area (Å²) in [6.07, 6.45) is -1.34. The molecule has 1 N–H and O–H groups in total. The van der Waals surface area contributed by atoms with E-state index in [2.05, 4.69) is 20.3 Å². The van der Waals surface area contributed by atoms with Crippen molar-refractivity contribution in [3.63, 3.8) is 0 Å². The van der Waals surface area contributed by atoms with Gasteiger partial charge in [0, 0.05) is 45.1 Å². The van der Waals surface area contributed by atoms with Gasteiger partial charge in [0.25, 0.3) is 0 Å². The van der Waals surface area contributed by atoms with Gasteiger partial charge in [-0.2, -0.15) is 18.2 Å². The Morgan fingerprint density at radius 3 is 2.44 bits per heavy atom. The van der Waals surface area contributed by atoms with E-state index in [1.54, 1.807) is 17.2 Å². The maximum Gasteiger partial charge on any atom is 0.419 e. The molecule has 9 heteroatoms. The Balaban J connectivity index is 1.72. The molecule has 2 aromatic rings. The second-order valence-corrected chi connectivity index (χ2v) is 5.62. The minimum Gasteiger partial charge on any atom is -0.354 e. The van der Waals surface area contributed by atoms with E-state index in [0.29, 0.717) is 32.1 Å². The van der Waals surface area contributed by atoms with Crippen molar-refractivity contribution in [3.8, 4) is 0 Å². The lowest BCUT2D eigenvalue weighted by molar-refractivity contribution is -0.137. The van der Waals surface area contributed by atoms with Gasteiger partial charge in [-0.15, -0.1) is 0 Å². The summed E-state index contributed by atoms with van der Waals surface area (Å²) in [6, 6.07) is 4.19. The lowest BCUT2D eigenvalue weighted by Gasteiger charge is -2.36.